The average molecular weight is 226 g/mol. The molecule has 1 aliphatic heterocycles. The minimum atomic E-state index is -1.28. The smallest absolute Gasteiger partial charge is 0.338 e. The van der Waals surface area contributed by atoms with Crippen LogP contribution in [0.25, 0.3) is 0 Å². The summed E-state index contributed by atoms with van der Waals surface area (Å²) in [6, 6.07) is 3.73. The van der Waals surface area contributed by atoms with Gasteiger partial charge in [0.15, 0.2) is 0 Å². The van der Waals surface area contributed by atoms with Crippen LogP contribution in [0.2, 0.25) is 0 Å². The van der Waals surface area contributed by atoms with Crippen LogP contribution in [-0.2, 0) is 4.74 Å². The molecule has 0 spiro atoms. The Labute approximate surface area is 91.6 Å². The molecule has 1 aliphatic rings. The Bertz CT molecular complexity index is 399. The molecule has 0 radical (unpaired) electrons. The van der Waals surface area contributed by atoms with Crippen LogP contribution in [0.5, 0.6) is 5.75 Å². The third kappa shape index (κ3) is 2.30. The van der Waals surface area contributed by atoms with Crippen LogP contribution >= 0.6 is 0 Å². The van der Waals surface area contributed by atoms with Crippen molar-refractivity contribution >= 4 is 5.97 Å². The van der Waals surface area contributed by atoms with Crippen LogP contribution in [-0.4, -0.2) is 30.4 Å². The molecule has 1 unspecified atom stereocenters. The molecular weight excluding hydrogens is 215 g/mol. The number of carbonyl (C=O) groups is 1. The first-order valence-corrected chi connectivity index (χ1v) is 4.94. The van der Waals surface area contributed by atoms with Crippen molar-refractivity contribution in [3.63, 3.8) is 0 Å². The lowest BCUT2D eigenvalue weighted by molar-refractivity contribution is 0.0691. The summed E-state index contributed by atoms with van der Waals surface area (Å²) in [5.74, 6) is -1.74. The Morgan fingerprint density at radius 1 is 1.56 bits per heavy atom. The van der Waals surface area contributed by atoms with Gasteiger partial charge >= 0.3 is 5.97 Å². The number of hydrogen-bond acceptors (Lipinski definition) is 3. The van der Waals surface area contributed by atoms with Gasteiger partial charge in [0, 0.05) is 12.5 Å². The van der Waals surface area contributed by atoms with E-state index in [0.29, 0.717) is 19.0 Å². The number of carboxylic acid groups (broad SMARTS) is 1. The minimum absolute atomic E-state index is 0.0740. The summed E-state index contributed by atoms with van der Waals surface area (Å²) in [5.41, 5.74) is -0.352. The summed E-state index contributed by atoms with van der Waals surface area (Å²) in [6.45, 7) is 1.13. The zero-order valence-corrected chi connectivity index (χ0v) is 8.48. The van der Waals surface area contributed by atoms with Crippen molar-refractivity contribution in [2.24, 2.45) is 0 Å². The van der Waals surface area contributed by atoms with Gasteiger partial charge < -0.3 is 14.6 Å². The molecule has 4 nitrogen and oxygen atoms in total. The first-order chi connectivity index (χ1) is 7.66. The molecule has 0 aromatic heterocycles. The lowest BCUT2D eigenvalue weighted by Gasteiger charge is -2.11. The first kappa shape index (κ1) is 10.9. The van der Waals surface area contributed by atoms with E-state index in [0.717, 1.165) is 12.5 Å². The molecular formula is C11H11FO4. The maximum absolute atomic E-state index is 13.3. The zero-order valence-electron chi connectivity index (χ0n) is 8.48. The highest BCUT2D eigenvalue weighted by atomic mass is 19.1. The Balaban J connectivity index is 2.11. The lowest BCUT2D eigenvalue weighted by atomic mass is 10.2. The number of carboxylic acids is 1. The molecule has 0 bridgehead atoms. The largest absolute Gasteiger partial charge is 0.488 e. The molecule has 16 heavy (non-hydrogen) atoms. The fraction of sp³-hybridized carbons (Fsp3) is 0.364. The van der Waals surface area contributed by atoms with Crippen LogP contribution < -0.4 is 4.74 Å². The van der Waals surface area contributed by atoms with E-state index in [1.807, 2.05) is 0 Å². The number of hydrogen-bond donors (Lipinski definition) is 1. The van der Waals surface area contributed by atoms with Gasteiger partial charge in [-0.15, -0.1) is 0 Å². The van der Waals surface area contributed by atoms with Gasteiger partial charge in [-0.2, -0.15) is 0 Å². The number of benzene rings is 1. The van der Waals surface area contributed by atoms with Gasteiger partial charge in [-0.3, -0.25) is 0 Å². The third-order valence-electron chi connectivity index (χ3n) is 2.36. The minimum Gasteiger partial charge on any atom is -0.488 e. The van der Waals surface area contributed by atoms with E-state index in [2.05, 4.69) is 0 Å². The first-order valence-electron chi connectivity index (χ1n) is 4.94. The van der Waals surface area contributed by atoms with E-state index in [9.17, 15) is 9.18 Å². The molecule has 1 atom stereocenters. The van der Waals surface area contributed by atoms with E-state index < -0.39 is 11.8 Å². The van der Waals surface area contributed by atoms with Crippen LogP contribution in [0.4, 0.5) is 4.39 Å². The molecule has 1 N–H and O–H groups in total. The molecule has 0 aliphatic carbocycles. The Morgan fingerprint density at radius 2 is 2.38 bits per heavy atom. The van der Waals surface area contributed by atoms with Gasteiger partial charge in [-0.05, 0) is 12.1 Å². The van der Waals surface area contributed by atoms with Crippen LogP contribution in [0.15, 0.2) is 18.2 Å². The average Bonchev–Trinajstić information content (AvgIpc) is 2.70. The highest BCUT2D eigenvalue weighted by Crippen LogP contribution is 2.20. The van der Waals surface area contributed by atoms with Crippen molar-refractivity contribution in [2.75, 3.05) is 13.2 Å². The third-order valence-corrected chi connectivity index (χ3v) is 2.36. The van der Waals surface area contributed by atoms with Crippen LogP contribution in [0.3, 0.4) is 0 Å². The van der Waals surface area contributed by atoms with Crippen LogP contribution in [0.1, 0.15) is 16.8 Å². The topological polar surface area (TPSA) is 55.8 Å². The molecule has 1 heterocycles. The highest BCUT2D eigenvalue weighted by Gasteiger charge is 2.18. The second-order valence-corrected chi connectivity index (χ2v) is 3.55. The number of rotatable bonds is 3. The standard InChI is InChI=1S/C11H11FO4/c12-10-5-7(1-2-9(10)11(13)14)16-8-3-4-15-6-8/h1-2,5,8H,3-4,6H2,(H,13,14). The maximum Gasteiger partial charge on any atom is 0.338 e. The predicted molar refractivity (Wildman–Crippen MR) is 53.2 cm³/mol. The molecule has 1 fully saturated rings. The molecule has 5 heteroatoms. The second kappa shape index (κ2) is 4.49. The van der Waals surface area contributed by atoms with Crippen LogP contribution in [0, 0.1) is 5.82 Å². The van der Waals surface area contributed by atoms with E-state index in [4.69, 9.17) is 14.6 Å². The van der Waals surface area contributed by atoms with E-state index in [1.54, 1.807) is 0 Å². The molecule has 2 rings (SSSR count). The molecule has 1 aromatic rings. The SMILES string of the molecule is O=C(O)c1ccc(OC2CCOC2)cc1F. The van der Waals surface area contributed by atoms with E-state index >= 15 is 0 Å². The summed E-state index contributed by atoms with van der Waals surface area (Å²) in [4.78, 5) is 10.6. The van der Waals surface area contributed by atoms with Crippen molar-refractivity contribution in [1.29, 1.82) is 0 Å². The summed E-state index contributed by atoms with van der Waals surface area (Å²) in [5, 5.41) is 8.64. The number of ether oxygens (including phenoxy) is 2. The zero-order chi connectivity index (χ0) is 11.5. The lowest BCUT2D eigenvalue weighted by Crippen LogP contribution is -2.16. The summed E-state index contributed by atoms with van der Waals surface area (Å²) in [6.07, 6.45) is 0.692. The van der Waals surface area contributed by atoms with Gasteiger partial charge in [-0.25, -0.2) is 9.18 Å². The maximum atomic E-state index is 13.3. The van der Waals surface area contributed by atoms with Gasteiger partial charge in [-0.1, -0.05) is 0 Å². The molecule has 0 amide bonds. The number of halogens is 1. The summed E-state index contributed by atoms with van der Waals surface area (Å²) >= 11 is 0. The van der Waals surface area contributed by atoms with Crippen molar-refractivity contribution in [3.05, 3.63) is 29.6 Å². The Hall–Kier alpha value is -1.62. The van der Waals surface area contributed by atoms with Crippen molar-refractivity contribution < 1.29 is 23.8 Å². The fourth-order valence-corrected chi connectivity index (χ4v) is 1.54. The molecule has 0 saturated carbocycles. The Kier molecular flexibility index (Phi) is 3.05. The van der Waals surface area contributed by atoms with Gasteiger partial charge in [0.25, 0.3) is 0 Å². The summed E-state index contributed by atoms with van der Waals surface area (Å²) in [7, 11) is 0. The molecule has 86 valence electrons. The molecule has 1 saturated heterocycles. The van der Waals surface area contributed by atoms with Crippen molar-refractivity contribution in [3.8, 4) is 5.75 Å². The monoisotopic (exact) mass is 226 g/mol. The van der Waals surface area contributed by atoms with Crippen molar-refractivity contribution in [1.82, 2.24) is 0 Å². The predicted octanol–water partition coefficient (Wildman–Crippen LogP) is 1.69. The second-order valence-electron chi connectivity index (χ2n) is 3.55. The van der Waals surface area contributed by atoms with Crippen molar-refractivity contribution in [2.45, 2.75) is 12.5 Å². The normalized spacial score (nSPS) is 19.7. The quantitative estimate of drug-likeness (QED) is 0.852. The highest BCUT2D eigenvalue weighted by molar-refractivity contribution is 5.88. The van der Waals surface area contributed by atoms with Gasteiger partial charge in [0.2, 0.25) is 0 Å². The fourth-order valence-electron chi connectivity index (χ4n) is 1.54. The number of aromatic carboxylic acids is 1. The summed E-state index contributed by atoms with van der Waals surface area (Å²) < 4.78 is 23.8. The van der Waals surface area contributed by atoms with Gasteiger partial charge in [0.1, 0.15) is 17.7 Å². The van der Waals surface area contributed by atoms with E-state index in [-0.39, 0.29) is 11.7 Å². The van der Waals surface area contributed by atoms with E-state index in [1.165, 1.54) is 12.1 Å². The molecule has 1 aromatic carbocycles. The Morgan fingerprint density at radius 3 is 2.94 bits per heavy atom. The van der Waals surface area contributed by atoms with Gasteiger partial charge in [0.05, 0.1) is 18.8 Å².